The predicted molar refractivity (Wildman–Crippen MR) is 77.0 cm³/mol. The van der Waals surface area contributed by atoms with Gasteiger partial charge in [-0.1, -0.05) is 6.92 Å². The summed E-state index contributed by atoms with van der Waals surface area (Å²) in [4.78, 5) is 24.2. The van der Waals surface area contributed by atoms with Crippen LogP contribution in [0.15, 0.2) is 0 Å². The van der Waals surface area contributed by atoms with Gasteiger partial charge < -0.3 is 10.6 Å². The summed E-state index contributed by atoms with van der Waals surface area (Å²) < 4.78 is 0. The minimum absolute atomic E-state index is 0.0519. The zero-order valence-corrected chi connectivity index (χ0v) is 12.6. The normalized spacial score (nSPS) is 41.5. The summed E-state index contributed by atoms with van der Waals surface area (Å²) in [5.74, 6) is 1.53. The fourth-order valence-electron chi connectivity index (χ4n) is 5.47. The Labute approximate surface area is 121 Å². The lowest BCUT2D eigenvalue weighted by atomic mass is 9.46. The van der Waals surface area contributed by atoms with E-state index in [9.17, 15) is 9.59 Å². The summed E-state index contributed by atoms with van der Waals surface area (Å²) in [6.07, 6.45) is 7.29. The van der Waals surface area contributed by atoms with Gasteiger partial charge in [-0.25, -0.2) is 0 Å². The van der Waals surface area contributed by atoms with Crippen molar-refractivity contribution in [3.63, 3.8) is 0 Å². The molecule has 2 amide bonds. The van der Waals surface area contributed by atoms with Gasteiger partial charge in [0, 0.05) is 19.0 Å². The van der Waals surface area contributed by atoms with Crippen molar-refractivity contribution in [2.45, 2.75) is 64.3 Å². The highest BCUT2D eigenvalue weighted by atomic mass is 16.2. The average Bonchev–Trinajstić information content (AvgIpc) is 2.32. The van der Waals surface area contributed by atoms with Gasteiger partial charge in [0.1, 0.15) is 0 Å². The van der Waals surface area contributed by atoms with E-state index in [-0.39, 0.29) is 22.8 Å². The molecule has 0 aromatic heterocycles. The molecule has 4 rings (SSSR count). The van der Waals surface area contributed by atoms with Crippen LogP contribution >= 0.6 is 0 Å². The van der Waals surface area contributed by atoms with Crippen LogP contribution in [0.4, 0.5) is 0 Å². The van der Waals surface area contributed by atoms with E-state index < -0.39 is 0 Å². The lowest BCUT2D eigenvalue weighted by Crippen LogP contribution is -2.65. The Morgan fingerprint density at radius 1 is 1.15 bits per heavy atom. The molecule has 20 heavy (non-hydrogen) atoms. The van der Waals surface area contributed by atoms with Crippen molar-refractivity contribution < 1.29 is 9.59 Å². The SMILES string of the molecule is CCCNC(=O)C12CC3CC(CC(NC(C)=O)(C3)C1)C2. The number of carbonyl (C=O) groups is 2. The van der Waals surface area contributed by atoms with Gasteiger partial charge in [0.15, 0.2) is 0 Å². The Morgan fingerprint density at radius 2 is 1.80 bits per heavy atom. The molecule has 0 aliphatic heterocycles. The van der Waals surface area contributed by atoms with E-state index in [0.717, 1.165) is 45.1 Å². The third kappa shape index (κ3) is 2.23. The monoisotopic (exact) mass is 278 g/mol. The molecule has 4 aliphatic carbocycles. The quantitative estimate of drug-likeness (QED) is 0.826. The average molecular weight is 278 g/mol. The highest BCUT2D eigenvalue weighted by Crippen LogP contribution is 2.61. The topological polar surface area (TPSA) is 58.2 Å². The Balaban J connectivity index is 1.83. The second kappa shape index (κ2) is 4.74. The summed E-state index contributed by atoms with van der Waals surface area (Å²) in [6.45, 7) is 4.45. The van der Waals surface area contributed by atoms with E-state index in [4.69, 9.17) is 0 Å². The van der Waals surface area contributed by atoms with Gasteiger partial charge in [0.2, 0.25) is 11.8 Å². The number of hydrogen-bond donors (Lipinski definition) is 2. The molecule has 0 heterocycles. The molecule has 4 heteroatoms. The van der Waals surface area contributed by atoms with Crippen LogP contribution in [0.1, 0.15) is 58.8 Å². The third-order valence-corrected chi connectivity index (χ3v) is 5.52. The van der Waals surface area contributed by atoms with Gasteiger partial charge in [-0.2, -0.15) is 0 Å². The fraction of sp³-hybridized carbons (Fsp3) is 0.875. The molecule has 4 nitrogen and oxygen atoms in total. The van der Waals surface area contributed by atoms with E-state index in [2.05, 4.69) is 17.6 Å². The molecule has 0 spiro atoms. The zero-order valence-electron chi connectivity index (χ0n) is 12.6. The fourth-order valence-corrected chi connectivity index (χ4v) is 5.47. The van der Waals surface area contributed by atoms with Gasteiger partial charge in [-0.05, 0) is 56.8 Å². The van der Waals surface area contributed by atoms with Crippen molar-refractivity contribution in [3.8, 4) is 0 Å². The molecule has 4 aliphatic rings. The van der Waals surface area contributed by atoms with Crippen LogP contribution in [-0.4, -0.2) is 23.9 Å². The largest absolute Gasteiger partial charge is 0.356 e. The summed E-state index contributed by atoms with van der Waals surface area (Å²) in [6, 6.07) is 0. The molecule has 112 valence electrons. The van der Waals surface area contributed by atoms with Crippen LogP contribution in [0, 0.1) is 17.3 Å². The highest BCUT2D eigenvalue weighted by Gasteiger charge is 2.60. The second-order valence-electron chi connectivity index (χ2n) is 7.46. The minimum atomic E-state index is -0.207. The van der Waals surface area contributed by atoms with Crippen LogP contribution in [0.5, 0.6) is 0 Å². The molecule has 0 saturated heterocycles. The first kappa shape index (κ1) is 13.9. The number of nitrogens with one attached hydrogen (secondary N) is 2. The van der Waals surface area contributed by atoms with Gasteiger partial charge in [-0.3, -0.25) is 9.59 Å². The summed E-state index contributed by atoms with van der Waals surface area (Å²) in [7, 11) is 0. The Hall–Kier alpha value is -1.06. The first-order valence-corrected chi connectivity index (χ1v) is 8.04. The van der Waals surface area contributed by atoms with Crippen molar-refractivity contribution in [1.29, 1.82) is 0 Å². The van der Waals surface area contributed by atoms with E-state index in [0.29, 0.717) is 11.8 Å². The first-order valence-electron chi connectivity index (χ1n) is 8.04. The highest BCUT2D eigenvalue weighted by molar-refractivity contribution is 5.83. The molecule has 4 bridgehead atoms. The molecule has 4 fully saturated rings. The predicted octanol–water partition coefficient (Wildman–Crippen LogP) is 1.99. The smallest absolute Gasteiger partial charge is 0.226 e. The molecule has 2 unspecified atom stereocenters. The standard InChI is InChI=1S/C16H26N2O2/c1-3-4-17-14(20)15-6-12-5-13(7-15)9-16(8-12,10-15)18-11(2)19/h12-13H,3-10H2,1-2H3,(H,17,20)(H,18,19). The summed E-state index contributed by atoms with van der Waals surface area (Å²) in [5, 5.41) is 6.31. The molecular weight excluding hydrogens is 252 g/mol. The van der Waals surface area contributed by atoms with E-state index in [1.165, 1.54) is 6.42 Å². The lowest BCUT2D eigenvalue weighted by Gasteiger charge is -2.61. The Morgan fingerprint density at radius 3 is 2.35 bits per heavy atom. The van der Waals surface area contributed by atoms with Crippen molar-refractivity contribution in [3.05, 3.63) is 0 Å². The minimum Gasteiger partial charge on any atom is -0.356 e. The van der Waals surface area contributed by atoms with Gasteiger partial charge in [-0.15, -0.1) is 0 Å². The van der Waals surface area contributed by atoms with Crippen molar-refractivity contribution in [1.82, 2.24) is 10.6 Å². The number of rotatable bonds is 4. The maximum atomic E-state index is 12.7. The van der Waals surface area contributed by atoms with Crippen molar-refractivity contribution in [2.24, 2.45) is 17.3 Å². The molecule has 2 atom stereocenters. The van der Waals surface area contributed by atoms with Gasteiger partial charge in [0.25, 0.3) is 0 Å². The number of hydrogen-bond acceptors (Lipinski definition) is 2. The van der Waals surface area contributed by atoms with Crippen LogP contribution < -0.4 is 10.6 Å². The maximum Gasteiger partial charge on any atom is 0.226 e. The lowest BCUT2D eigenvalue weighted by molar-refractivity contribution is -0.153. The van der Waals surface area contributed by atoms with Gasteiger partial charge >= 0.3 is 0 Å². The van der Waals surface area contributed by atoms with E-state index >= 15 is 0 Å². The molecule has 0 aromatic carbocycles. The van der Waals surface area contributed by atoms with E-state index in [1.54, 1.807) is 6.92 Å². The maximum absolute atomic E-state index is 12.7. The summed E-state index contributed by atoms with van der Waals surface area (Å²) in [5.41, 5.74) is -0.304. The number of carbonyl (C=O) groups excluding carboxylic acids is 2. The van der Waals surface area contributed by atoms with Crippen LogP contribution in [0.25, 0.3) is 0 Å². The molecule has 4 saturated carbocycles. The molecular formula is C16H26N2O2. The van der Waals surface area contributed by atoms with E-state index in [1.807, 2.05) is 0 Å². The van der Waals surface area contributed by atoms with Crippen LogP contribution in [-0.2, 0) is 9.59 Å². The Bertz CT molecular complexity index is 418. The molecule has 2 N–H and O–H groups in total. The summed E-state index contributed by atoms with van der Waals surface area (Å²) >= 11 is 0. The first-order chi connectivity index (χ1) is 9.47. The Kier molecular flexibility index (Phi) is 3.30. The van der Waals surface area contributed by atoms with Crippen molar-refractivity contribution >= 4 is 11.8 Å². The zero-order chi connectivity index (χ0) is 14.4. The molecule has 0 aromatic rings. The van der Waals surface area contributed by atoms with Crippen LogP contribution in [0.2, 0.25) is 0 Å². The van der Waals surface area contributed by atoms with Crippen molar-refractivity contribution in [2.75, 3.05) is 6.54 Å². The van der Waals surface area contributed by atoms with Crippen LogP contribution in [0.3, 0.4) is 0 Å². The second-order valence-corrected chi connectivity index (χ2v) is 7.46. The third-order valence-electron chi connectivity index (χ3n) is 5.52. The number of amides is 2. The molecule has 0 radical (unpaired) electrons. The van der Waals surface area contributed by atoms with Gasteiger partial charge in [0.05, 0.1) is 5.41 Å².